The Hall–Kier alpha value is -0.570. The van der Waals surface area contributed by atoms with Gasteiger partial charge in [0, 0.05) is 23.0 Å². The molecule has 0 radical (unpaired) electrons. The molecule has 0 bridgehead atoms. The fraction of sp³-hybridized carbons (Fsp3) is 0.625. The third-order valence-corrected chi connectivity index (χ3v) is 5.23. The molecule has 0 aromatic heterocycles. The maximum absolute atomic E-state index is 6.48. The molecule has 1 saturated carbocycles. The Labute approximate surface area is 120 Å². The third-order valence-electron chi connectivity index (χ3n) is 4.88. The largest absolute Gasteiger partial charge is 0.327 e. The van der Waals surface area contributed by atoms with Crippen molar-refractivity contribution in [1.29, 1.82) is 0 Å². The molecule has 2 nitrogen and oxygen atoms in total. The van der Waals surface area contributed by atoms with Crippen molar-refractivity contribution in [2.75, 3.05) is 13.1 Å². The van der Waals surface area contributed by atoms with Gasteiger partial charge in [-0.3, -0.25) is 4.90 Å². The first kappa shape index (κ1) is 13.4. The highest BCUT2D eigenvalue weighted by atomic mass is 35.5. The average Bonchev–Trinajstić information content (AvgIpc) is 3.05. The van der Waals surface area contributed by atoms with Crippen LogP contribution >= 0.6 is 11.6 Å². The highest BCUT2D eigenvalue weighted by molar-refractivity contribution is 6.31. The molecule has 1 heterocycles. The fourth-order valence-corrected chi connectivity index (χ4v) is 3.55. The van der Waals surface area contributed by atoms with E-state index in [0.717, 1.165) is 11.6 Å². The Morgan fingerprint density at radius 2 is 2.00 bits per heavy atom. The van der Waals surface area contributed by atoms with Crippen LogP contribution in [0.3, 0.4) is 0 Å². The Balaban J connectivity index is 1.78. The second-order valence-corrected chi connectivity index (χ2v) is 6.64. The summed E-state index contributed by atoms with van der Waals surface area (Å²) in [5.41, 5.74) is 8.93. The number of likely N-dealkylation sites (tertiary alicyclic amines) is 1. The van der Waals surface area contributed by atoms with Crippen molar-refractivity contribution in [2.45, 2.75) is 50.6 Å². The van der Waals surface area contributed by atoms with Gasteiger partial charge >= 0.3 is 0 Å². The number of hydrogen-bond acceptors (Lipinski definition) is 2. The molecule has 1 atom stereocenters. The summed E-state index contributed by atoms with van der Waals surface area (Å²) in [4.78, 5) is 2.49. The van der Waals surface area contributed by atoms with E-state index in [0.29, 0.717) is 0 Å². The summed E-state index contributed by atoms with van der Waals surface area (Å²) < 4.78 is 0. The van der Waals surface area contributed by atoms with E-state index >= 15 is 0 Å². The maximum Gasteiger partial charge on any atom is 0.0453 e. The van der Waals surface area contributed by atoms with Crippen LogP contribution in [0.2, 0.25) is 5.02 Å². The van der Waals surface area contributed by atoms with Crippen LogP contribution in [0.4, 0.5) is 0 Å². The summed E-state index contributed by atoms with van der Waals surface area (Å²) in [5.74, 6) is 0. The monoisotopic (exact) mass is 278 g/mol. The van der Waals surface area contributed by atoms with Crippen molar-refractivity contribution >= 4 is 11.6 Å². The fourth-order valence-electron chi connectivity index (χ4n) is 3.31. The molecule has 0 spiro atoms. The van der Waals surface area contributed by atoms with Gasteiger partial charge in [-0.1, -0.05) is 23.7 Å². The Morgan fingerprint density at radius 1 is 1.32 bits per heavy atom. The molecule has 19 heavy (non-hydrogen) atoms. The highest BCUT2D eigenvalue weighted by Crippen LogP contribution is 2.50. The van der Waals surface area contributed by atoms with E-state index in [1.807, 2.05) is 0 Å². The summed E-state index contributed by atoms with van der Waals surface area (Å²) in [6, 6.07) is 6.82. The quantitative estimate of drug-likeness (QED) is 0.916. The lowest BCUT2D eigenvalue weighted by atomic mass is 9.89. The predicted octanol–water partition coefficient (Wildman–Crippen LogP) is 3.31. The van der Waals surface area contributed by atoms with Crippen molar-refractivity contribution in [3.8, 4) is 0 Å². The minimum atomic E-state index is 0.204. The van der Waals surface area contributed by atoms with E-state index in [2.05, 4.69) is 30.0 Å². The van der Waals surface area contributed by atoms with Gasteiger partial charge in [-0.05, 0) is 62.9 Å². The topological polar surface area (TPSA) is 29.3 Å². The van der Waals surface area contributed by atoms with Gasteiger partial charge in [0.25, 0.3) is 0 Å². The van der Waals surface area contributed by atoms with Crippen molar-refractivity contribution in [3.05, 3.63) is 34.3 Å². The van der Waals surface area contributed by atoms with Gasteiger partial charge in [0.1, 0.15) is 0 Å². The summed E-state index contributed by atoms with van der Waals surface area (Å²) in [7, 11) is 0. The second-order valence-electron chi connectivity index (χ2n) is 6.23. The Kier molecular flexibility index (Phi) is 3.59. The molecule has 1 aromatic rings. The zero-order chi connectivity index (χ0) is 13.5. The lowest BCUT2D eigenvalue weighted by molar-refractivity contribution is 0.331. The zero-order valence-electron chi connectivity index (χ0n) is 11.7. The van der Waals surface area contributed by atoms with Gasteiger partial charge < -0.3 is 5.73 Å². The molecular formula is C16H23ClN2. The molecule has 104 valence electrons. The molecule has 2 aliphatic rings. The number of benzene rings is 1. The van der Waals surface area contributed by atoms with Crippen LogP contribution in [0, 0.1) is 0 Å². The summed E-state index contributed by atoms with van der Waals surface area (Å²) in [5, 5.41) is 0.913. The lowest BCUT2D eigenvalue weighted by Gasteiger charge is -2.22. The molecule has 1 aliphatic heterocycles. The molecule has 1 unspecified atom stereocenters. The highest BCUT2D eigenvalue weighted by Gasteiger charge is 2.47. The van der Waals surface area contributed by atoms with E-state index in [1.165, 1.54) is 49.9 Å². The van der Waals surface area contributed by atoms with Crippen LogP contribution in [0.25, 0.3) is 0 Å². The molecular weight excluding hydrogens is 256 g/mol. The molecule has 1 aliphatic carbocycles. The third kappa shape index (κ3) is 2.54. The zero-order valence-corrected chi connectivity index (χ0v) is 12.4. The van der Waals surface area contributed by atoms with E-state index in [4.69, 9.17) is 17.3 Å². The SMILES string of the molecule is CC(N)C1(c2ccc(CN3CCCC3)c(Cl)c2)CC1. The van der Waals surface area contributed by atoms with Crippen molar-refractivity contribution < 1.29 is 0 Å². The molecule has 2 N–H and O–H groups in total. The van der Waals surface area contributed by atoms with Gasteiger partial charge in [0.05, 0.1) is 0 Å². The number of hydrogen-bond donors (Lipinski definition) is 1. The minimum absolute atomic E-state index is 0.204. The van der Waals surface area contributed by atoms with Crippen LogP contribution in [-0.4, -0.2) is 24.0 Å². The van der Waals surface area contributed by atoms with Crippen LogP contribution in [0.1, 0.15) is 43.7 Å². The number of nitrogens with zero attached hydrogens (tertiary/aromatic N) is 1. The van der Waals surface area contributed by atoms with Gasteiger partial charge in [-0.25, -0.2) is 0 Å². The first-order chi connectivity index (χ1) is 9.12. The number of rotatable bonds is 4. The Morgan fingerprint density at radius 3 is 2.53 bits per heavy atom. The molecule has 2 fully saturated rings. The van der Waals surface area contributed by atoms with Crippen LogP contribution < -0.4 is 5.73 Å². The molecule has 3 rings (SSSR count). The average molecular weight is 279 g/mol. The molecule has 0 amide bonds. The van der Waals surface area contributed by atoms with Gasteiger partial charge in [-0.15, -0.1) is 0 Å². The van der Waals surface area contributed by atoms with E-state index in [-0.39, 0.29) is 11.5 Å². The van der Waals surface area contributed by atoms with Crippen LogP contribution in [0.15, 0.2) is 18.2 Å². The maximum atomic E-state index is 6.48. The smallest absolute Gasteiger partial charge is 0.0453 e. The van der Waals surface area contributed by atoms with Gasteiger partial charge in [0.2, 0.25) is 0 Å². The summed E-state index contributed by atoms with van der Waals surface area (Å²) in [6.45, 7) is 5.52. The molecule has 3 heteroatoms. The molecule has 1 saturated heterocycles. The minimum Gasteiger partial charge on any atom is -0.327 e. The summed E-state index contributed by atoms with van der Waals surface area (Å²) in [6.07, 6.45) is 5.05. The van der Waals surface area contributed by atoms with Crippen molar-refractivity contribution in [2.24, 2.45) is 5.73 Å². The number of nitrogens with two attached hydrogens (primary N) is 1. The number of halogens is 1. The van der Waals surface area contributed by atoms with Crippen LogP contribution in [0.5, 0.6) is 0 Å². The van der Waals surface area contributed by atoms with Crippen LogP contribution in [-0.2, 0) is 12.0 Å². The van der Waals surface area contributed by atoms with E-state index in [1.54, 1.807) is 0 Å². The predicted molar refractivity (Wildman–Crippen MR) is 80.5 cm³/mol. The Bertz CT molecular complexity index is 460. The van der Waals surface area contributed by atoms with Crippen molar-refractivity contribution in [3.63, 3.8) is 0 Å². The summed E-state index contributed by atoms with van der Waals surface area (Å²) >= 11 is 6.48. The lowest BCUT2D eigenvalue weighted by Crippen LogP contribution is -2.31. The molecule has 1 aromatic carbocycles. The van der Waals surface area contributed by atoms with Gasteiger partial charge in [0.15, 0.2) is 0 Å². The first-order valence-corrected chi connectivity index (χ1v) is 7.76. The first-order valence-electron chi connectivity index (χ1n) is 7.39. The van der Waals surface area contributed by atoms with Crippen molar-refractivity contribution in [1.82, 2.24) is 4.90 Å². The van der Waals surface area contributed by atoms with E-state index in [9.17, 15) is 0 Å². The normalized spacial score (nSPS) is 23.5. The van der Waals surface area contributed by atoms with Gasteiger partial charge in [-0.2, -0.15) is 0 Å². The second kappa shape index (κ2) is 5.08. The van der Waals surface area contributed by atoms with E-state index < -0.39 is 0 Å². The standard InChI is InChI=1S/C16H23ClN2/c1-12(18)16(6-7-16)14-5-4-13(15(17)10-14)11-19-8-2-3-9-19/h4-5,10,12H,2-3,6-9,11,18H2,1H3.